The molecule has 4 aromatic rings. The van der Waals surface area contributed by atoms with Crippen LogP contribution in [0.1, 0.15) is 130 Å². The van der Waals surface area contributed by atoms with Crippen molar-refractivity contribution in [3.8, 4) is 0 Å². The molecule has 1 heterocycles. The van der Waals surface area contributed by atoms with E-state index < -0.39 is 0 Å². The fourth-order valence-corrected chi connectivity index (χ4v) is 9.99. The zero-order valence-corrected chi connectivity index (χ0v) is 40.7. The first-order chi connectivity index (χ1) is 30.9. The molecule has 1 aliphatic carbocycles. The minimum absolute atomic E-state index is 0.0484. The van der Waals surface area contributed by atoms with Gasteiger partial charge in [-0.15, -0.1) is 0 Å². The highest BCUT2D eigenvalue weighted by Crippen LogP contribution is 2.39. The summed E-state index contributed by atoms with van der Waals surface area (Å²) in [5.74, 6) is 2.80. The van der Waals surface area contributed by atoms with E-state index in [1.165, 1.54) is 71.0 Å². The molecule has 0 saturated heterocycles. The molecule has 5 heteroatoms. The second-order valence-corrected chi connectivity index (χ2v) is 19.2. The third kappa shape index (κ3) is 12.5. The van der Waals surface area contributed by atoms with Gasteiger partial charge in [-0.25, -0.2) is 4.99 Å². The Morgan fingerprint density at radius 2 is 1.47 bits per heavy atom. The van der Waals surface area contributed by atoms with Crippen LogP contribution in [0.25, 0.3) is 11.4 Å². The monoisotopic (exact) mass is 858 g/mol. The molecule has 1 aliphatic heterocycles. The van der Waals surface area contributed by atoms with Crippen LogP contribution in [-0.4, -0.2) is 41.3 Å². The Balaban J connectivity index is 1.13. The summed E-state index contributed by atoms with van der Waals surface area (Å²) in [4.78, 5) is 10.4. The van der Waals surface area contributed by atoms with Crippen molar-refractivity contribution in [1.82, 2.24) is 20.4 Å². The first-order valence-electron chi connectivity index (χ1n) is 24.6. The molecule has 2 unspecified atom stereocenters. The Hall–Kier alpha value is -5.29. The zero-order chi connectivity index (χ0) is 45.8. The molecule has 1 saturated carbocycles. The van der Waals surface area contributed by atoms with Crippen LogP contribution in [0.5, 0.6) is 0 Å². The van der Waals surface area contributed by atoms with Gasteiger partial charge in [-0.05, 0) is 109 Å². The minimum Gasteiger partial charge on any atom is -0.389 e. The number of allylic oxidation sites excluding steroid dienone is 2. The van der Waals surface area contributed by atoms with Crippen LogP contribution < -0.4 is 10.6 Å². The number of amidine groups is 1. The fraction of sp³-hybridized carbons (Fsp3) is 0.441. The highest BCUT2D eigenvalue weighted by molar-refractivity contribution is 6.01. The number of rotatable bonds is 23. The number of fused-ring (bicyclic) bond motifs is 1. The smallest absolute Gasteiger partial charge is 0.133 e. The van der Waals surface area contributed by atoms with E-state index in [4.69, 9.17) is 18.2 Å². The topological polar surface area (TPSA) is 42.9 Å². The molecular formula is C59H79N5. The lowest BCUT2D eigenvalue weighted by atomic mass is 9.81. The summed E-state index contributed by atoms with van der Waals surface area (Å²) in [5, 5.41) is 7.47. The van der Waals surface area contributed by atoms with Gasteiger partial charge >= 0.3 is 0 Å². The van der Waals surface area contributed by atoms with Crippen molar-refractivity contribution >= 4 is 22.9 Å². The Morgan fingerprint density at radius 1 is 0.797 bits per heavy atom. The van der Waals surface area contributed by atoms with Crippen molar-refractivity contribution in [3.63, 3.8) is 0 Å². The lowest BCUT2D eigenvalue weighted by Crippen LogP contribution is -2.51. The summed E-state index contributed by atoms with van der Waals surface area (Å²) in [6.45, 7) is 37.8. The standard InChI is InChI=1S/C59H79N5/c1-12-51-37-50(38-52(13-2)56(51)36-46(9)61-39-44(7)53-23-18-15-19-24-53)29-28-45(8)60-33-20-34-63(47(10)54-30-25-42(5)26-31-54)58(41(3)4)59-62-57-35-43(6)27-32-55(57)48(11)64(59)40-49-21-16-14-17-22-49/h14,16-17,21-22,25-27,30-32,35,37-38,41,44,53,58,60-61H,8-13,15,18-20,23-24,28-29,33-34,36,39-40H2,1-7H3. The summed E-state index contributed by atoms with van der Waals surface area (Å²) >= 11 is 0. The van der Waals surface area contributed by atoms with E-state index in [0.29, 0.717) is 12.5 Å². The molecule has 4 aromatic carbocycles. The van der Waals surface area contributed by atoms with Crippen LogP contribution in [0.2, 0.25) is 0 Å². The summed E-state index contributed by atoms with van der Waals surface area (Å²) in [6.07, 6.45) is 12.7. The maximum absolute atomic E-state index is 5.51. The lowest BCUT2D eigenvalue weighted by molar-refractivity contribution is 0.260. The summed E-state index contributed by atoms with van der Waals surface area (Å²) in [7, 11) is 0. The number of benzene rings is 4. The van der Waals surface area contributed by atoms with Crippen LogP contribution >= 0.6 is 0 Å². The predicted octanol–water partition coefficient (Wildman–Crippen LogP) is 13.9. The first kappa shape index (κ1) is 48.2. The highest BCUT2D eigenvalue weighted by Gasteiger charge is 2.36. The average molecular weight is 858 g/mol. The highest BCUT2D eigenvalue weighted by atomic mass is 15.3. The molecule has 1 fully saturated rings. The van der Waals surface area contributed by atoms with Crippen LogP contribution in [-0.2, 0) is 32.2 Å². The normalized spacial score (nSPS) is 15.0. The van der Waals surface area contributed by atoms with Gasteiger partial charge in [0.05, 0.1) is 11.7 Å². The van der Waals surface area contributed by atoms with Crippen molar-refractivity contribution in [2.45, 2.75) is 132 Å². The number of hydrogen-bond acceptors (Lipinski definition) is 5. The largest absolute Gasteiger partial charge is 0.389 e. The van der Waals surface area contributed by atoms with Gasteiger partial charge in [0.15, 0.2) is 0 Å². The second-order valence-electron chi connectivity index (χ2n) is 19.2. The van der Waals surface area contributed by atoms with Gasteiger partial charge in [0.1, 0.15) is 5.84 Å². The maximum atomic E-state index is 5.51. The molecule has 2 atom stereocenters. The van der Waals surface area contributed by atoms with Crippen LogP contribution in [0, 0.1) is 31.6 Å². The Kier molecular flexibility index (Phi) is 17.4. The lowest BCUT2D eigenvalue weighted by Gasteiger charge is -2.44. The molecule has 5 nitrogen and oxygen atoms in total. The Morgan fingerprint density at radius 3 is 2.12 bits per heavy atom. The third-order valence-electron chi connectivity index (χ3n) is 13.9. The molecule has 2 aliphatic rings. The van der Waals surface area contributed by atoms with Crippen molar-refractivity contribution in [2.24, 2.45) is 22.7 Å². The van der Waals surface area contributed by atoms with E-state index in [-0.39, 0.29) is 12.0 Å². The fourth-order valence-electron chi connectivity index (χ4n) is 9.99. The van der Waals surface area contributed by atoms with E-state index in [2.05, 4.69) is 167 Å². The summed E-state index contributed by atoms with van der Waals surface area (Å²) in [5.41, 5.74) is 16.9. The minimum atomic E-state index is -0.0484. The predicted molar refractivity (Wildman–Crippen MR) is 277 cm³/mol. The zero-order valence-electron chi connectivity index (χ0n) is 40.7. The second kappa shape index (κ2) is 23.1. The van der Waals surface area contributed by atoms with Gasteiger partial charge in [0, 0.05) is 61.0 Å². The van der Waals surface area contributed by atoms with E-state index in [9.17, 15) is 0 Å². The van der Waals surface area contributed by atoms with E-state index in [1.54, 1.807) is 0 Å². The van der Waals surface area contributed by atoms with Crippen molar-refractivity contribution in [2.75, 3.05) is 19.6 Å². The molecule has 340 valence electrons. The molecule has 0 radical (unpaired) electrons. The Bertz CT molecular complexity index is 2210. The summed E-state index contributed by atoms with van der Waals surface area (Å²) in [6, 6.07) is 30.8. The summed E-state index contributed by atoms with van der Waals surface area (Å²) < 4.78 is 0. The number of nitrogens with one attached hydrogen (secondary N) is 2. The Labute approximate surface area is 388 Å². The number of nitrogens with zero attached hydrogens (tertiary/aromatic N) is 3. The van der Waals surface area contributed by atoms with Gasteiger partial charge in [-0.1, -0.05) is 177 Å². The molecule has 64 heavy (non-hydrogen) atoms. The number of aryl methyl sites for hydroxylation is 5. The van der Waals surface area contributed by atoms with Crippen molar-refractivity contribution in [3.05, 3.63) is 173 Å². The molecule has 2 N–H and O–H groups in total. The van der Waals surface area contributed by atoms with E-state index >= 15 is 0 Å². The van der Waals surface area contributed by atoms with Crippen molar-refractivity contribution in [1.29, 1.82) is 0 Å². The van der Waals surface area contributed by atoms with Gasteiger partial charge in [0.25, 0.3) is 0 Å². The number of hydrogen-bond donors (Lipinski definition) is 2. The quantitative estimate of drug-likeness (QED) is 0.0730. The third-order valence-corrected chi connectivity index (χ3v) is 13.9. The molecule has 0 spiro atoms. The first-order valence-corrected chi connectivity index (χ1v) is 24.6. The van der Waals surface area contributed by atoms with Crippen LogP contribution in [0.15, 0.2) is 128 Å². The van der Waals surface area contributed by atoms with Crippen LogP contribution in [0.4, 0.5) is 5.69 Å². The van der Waals surface area contributed by atoms with Gasteiger partial charge in [0.2, 0.25) is 0 Å². The maximum Gasteiger partial charge on any atom is 0.133 e. The van der Waals surface area contributed by atoms with Crippen molar-refractivity contribution < 1.29 is 0 Å². The SMILES string of the molecule is C=C(CCc1cc(CC)c(CC(=C)NCC(C)C2CCCCC2)c(CC)c1)NCCCN(C(=C)c1ccc(C)cc1)C(C1=Nc2cc(C)ccc2C(=C)N1Cc1ccccc1)C(C)C. The number of aliphatic imine (C=N–C) groups is 1. The van der Waals surface area contributed by atoms with E-state index in [0.717, 1.165) is 110 Å². The van der Waals surface area contributed by atoms with Gasteiger partial charge < -0.3 is 20.4 Å². The van der Waals surface area contributed by atoms with Gasteiger partial charge in [-0.2, -0.15) is 0 Å². The van der Waals surface area contributed by atoms with Gasteiger partial charge in [-0.3, -0.25) is 0 Å². The van der Waals surface area contributed by atoms with E-state index in [1.807, 2.05) is 0 Å². The van der Waals surface area contributed by atoms with Crippen LogP contribution in [0.3, 0.4) is 0 Å². The molecule has 0 amide bonds. The molecular weight excluding hydrogens is 779 g/mol. The average Bonchev–Trinajstić information content (AvgIpc) is 3.30. The molecule has 0 bridgehead atoms. The molecule has 0 aromatic heterocycles. The molecule has 6 rings (SSSR count).